The van der Waals surface area contributed by atoms with Crippen molar-refractivity contribution < 1.29 is 14.3 Å². The number of ether oxygens (including phenoxy) is 1. The molecule has 0 aliphatic carbocycles. The zero-order valence-corrected chi connectivity index (χ0v) is 20.3. The summed E-state index contributed by atoms with van der Waals surface area (Å²) in [6.07, 6.45) is 7.05. The Bertz CT molecular complexity index is 980. The number of carbonyl (C=O) groups excluding carboxylic acids is 2. The van der Waals surface area contributed by atoms with Crippen LogP contribution in [-0.4, -0.2) is 66.3 Å². The lowest BCUT2D eigenvalue weighted by molar-refractivity contribution is -0.134. The Morgan fingerprint density at radius 2 is 1.80 bits per heavy atom. The molecule has 4 heterocycles. The van der Waals surface area contributed by atoms with Crippen LogP contribution in [0.5, 0.6) is 0 Å². The highest BCUT2D eigenvalue weighted by atomic mass is 16.5. The number of anilines is 2. The first kappa shape index (κ1) is 23.9. The number of carbonyl (C=O) groups is 2. The third kappa shape index (κ3) is 5.70. The molecular formula is C27H35N5O3. The van der Waals surface area contributed by atoms with Crippen molar-refractivity contribution >= 4 is 23.3 Å². The largest absolute Gasteiger partial charge is 0.381 e. The second kappa shape index (κ2) is 11.3. The van der Waals surface area contributed by atoms with Gasteiger partial charge in [-0.1, -0.05) is 12.1 Å². The van der Waals surface area contributed by atoms with Crippen molar-refractivity contribution in [1.82, 2.24) is 20.4 Å². The zero-order chi connectivity index (χ0) is 24.0. The number of amides is 2. The molecule has 35 heavy (non-hydrogen) atoms. The number of hydrogen-bond donors (Lipinski definition) is 1. The Morgan fingerprint density at radius 3 is 2.46 bits per heavy atom. The van der Waals surface area contributed by atoms with Gasteiger partial charge in [0.1, 0.15) is 0 Å². The van der Waals surface area contributed by atoms with E-state index in [1.165, 1.54) is 5.56 Å². The number of benzene rings is 1. The second-order valence-corrected chi connectivity index (χ2v) is 9.95. The predicted molar refractivity (Wildman–Crippen MR) is 133 cm³/mol. The Hall–Kier alpha value is -2.84. The molecule has 3 aliphatic heterocycles. The minimum Gasteiger partial charge on any atom is -0.381 e. The van der Waals surface area contributed by atoms with Gasteiger partial charge in [0.15, 0.2) is 5.82 Å². The maximum Gasteiger partial charge on any atom is 0.237 e. The molecule has 2 amide bonds. The van der Waals surface area contributed by atoms with Crippen LogP contribution in [0.25, 0.3) is 0 Å². The summed E-state index contributed by atoms with van der Waals surface area (Å²) in [5.74, 6) is 1.75. The van der Waals surface area contributed by atoms with Gasteiger partial charge in [-0.25, -0.2) is 0 Å². The molecule has 5 rings (SSSR count). The van der Waals surface area contributed by atoms with E-state index in [4.69, 9.17) is 4.74 Å². The fourth-order valence-corrected chi connectivity index (χ4v) is 5.52. The van der Waals surface area contributed by atoms with Gasteiger partial charge < -0.3 is 15.0 Å². The summed E-state index contributed by atoms with van der Waals surface area (Å²) >= 11 is 0. The Kier molecular flexibility index (Phi) is 7.69. The summed E-state index contributed by atoms with van der Waals surface area (Å²) in [7, 11) is 0. The molecule has 2 aromatic rings. The lowest BCUT2D eigenvalue weighted by Gasteiger charge is -2.34. The van der Waals surface area contributed by atoms with Crippen molar-refractivity contribution in [3.63, 3.8) is 0 Å². The molecule has 3 fully saturated rings. The van der Waals surface area contributed by atoms with Crippen LogP contribution in [0.4, 0.5) is 11.5 Å². The van der Waals surface area contributed by atoms with E-state index >= 15 is 0 Å². The molecule has 3 saturated heterocycles. The van der Waals surface area contributed by atoms with Gasteiger partial charge in [0, 0.05) is 45.5 Å². The van der Waals surface area contributed by atoms with Crippen LogP contribution in [0, 0.1) is 11.8 Å². The van der Waals surface area contributed by atoms with Gasteiger partial charge in [-0.2, -0.15) is 5.10 Å². The van der Waals surface area contributed by atoms with Gasteiger partial charge >= 0.3 is 0 Å². The fourth-order valence-electron chi connectivity index (χ4n) is 5.52. The van der Waals surface area contributed by atoms with E-state index in [1.54, 1.807) is 17.2 Å². The van der Waals surface area contributed by atoms with Crippen molar-refractivity contribution in [2.24, 2.45) is 11.8 Å². The van der Waals surface area contributed by atoms with Gasteiger partial charge in [0.05, 0.1) is 11.6 Å². The molecule has 8 heteroatoms. The number of hydrogen-bond acceptors (Lipinski definition) is 6. The van der Waals surface area contributed by atoms with Crippen LogP contribution in [0.2, 0.25) is 0 Å². The minimum absolute atomic E-state index is 0.0552. The Balaban J connectivity index is 1.22. The van der Waals surface area contributed by atoms with Gasteiger partial charge in [-0.15, -0.1) is 5.10 Å². The lowest BCUT2D eigenvalue weighted by Crippen LogP contribution is -2.39. The van der Waals surface area contributed by atoms with Gasteiger partial charge in [0.25, 0.3) is 0 Å². The van der Waals surface area contributed by atoms with E-state index in [2.05, 4.69) is 27.6 Å². The minimum atomic E-state index is -0.0558. The molecule has 3 aliphatic rings. The first-order chi connectivity index (χ1) is 17.2. The number of nitrogens with zero attached hydrogens (tertiary/aromatic N) is 4. The standard InChI is InChI=1S/C27H35N5O3/c33-26(18-20-10-16-35-17-11-20)31-14-8-22(9-15-31)21-3-5-24(6-4-21)32(25-2-1-12-29-30-25)27(34)23-7-13-28-19-23/h1-6,12,20,22-23,28H,7-11,13-19H2. The van der Waals surface area contributed by atoms with Crippen LogP contribution in [0.1, 0.15) is 50.0 Å². The van der Waals surface area contributed by atoms with Crippen LogP contribution in [0.15, 0.2) is 42.6 Å². The lowest BCUT2D eigenvalue weighted by atomic mass is 9.88. The van der Waals surface area contributed by atoms with E-state index in [9.17, 15) is 9.59 Å². The second-order valence-electron chi connectivity index (χ2n) is 9.95. The molecule has 0 radical (unpaired) electrons. The number of piperidine rings is 1. The molecule has 186 valence electrons. The average Bonchev–Trinajstić information content (AvgIpc) is 3.46. The highest BCUT2D eigenvalue weighted by Gasteiger charge is 2.31. The summed E-state index contributed by atoms with van der Waals surface area (Å²) in [6.45, 7) is 4.75. The van der Waals surface area contributed by atoms with Crippen molar-refractivity contribution in [2.45, 2.75) is 44.4 Å². The van der Waals surface area contributed by atoms with Crippen LogP contribution in [-0.2, 0) is 14.3 Å². The fraction of sp³-hybridized carbons (Fsp3) is 0.556. The molecular weight excluding hydrogens is 442 g/mol. The molecule has 8 nitrogen and oxygen atoms in total. The topological polar surface area (TPSA) is 87.7 Å². The van der Waals surface area contributed by atoms with E-state index in [1.807, 2.05) is 23.1 Å². The Morgan fingerprint density at radius 1 is 1.03 bits per heavy atom. The number of aromatic nitrogens is 2. The summed E-state index contributed by atoms with van der Waals surface area (Å²) < 4.78 is 5.42. The monoisotopic (exact) mass is 477 g/mol. The summed E-state index contributed by atoms with van der Waals surface area (Å²) in [6, 6.07) is 11.9. The SMILES string of the molecule is O=C(CC1CCOCC1)N1CCC(c2ccc(N(C(=O)C3CCNC3)c3cccnn3)cc2)CC1. The summed E-state index contributed by atoms with van der Waals surface area (Å²) in [4.78, 5) is 29.9. The van der Waals surface area contributed by atoms with E-state index < -0.39 is 0 Å². The van der Waals surface area contributed by atoms with Gasteiger partial charge in [0.2, 0.25) is 11.8 Å². The normalized spacial score (nSPS) is 21.7. The van der Waals surface area contributed by atoms with E-state index in [0.717, 1.165) is 70.6 Å². The first-order valence-electron chi connectivity index (χ1n) is 13.0. The van der Waals surface area contributed by atoms with Crippen LogP contribution >= 0.6 is 0 Å². The van der Waals surface area contributed by atoms with Crippen molar-refractivity contribution in [2.75, 3.05) is 44.3 Å². The number of likely N-dealkylation sites (tertiary alicyclic amines) is 1. The maximum absolute atomic E-state index is 13.3. The third-order valence-electron chi connectivity index (χ3n) is 7.69. The van der Waals surface area contributed by atoms with Gasteiger partial charge in [-0.05, 0) is 80.3 Å². The first-order valence-corrected chi connectivity index (χ1v) is 13.0. The average molecular weight is 478 g/mol. The number of nitrogens with one attached hydrogen (secondary N) is 1. The zero-order valence-electron chi connectivity index (χ0n) is 20.3. The van der Waals surface area contributed by atoms with Crippen molar-refractivity contribution in [1.29, 1.82) is 0 Å². The van der Waals surface area contributed by atoms with E-state index in [-0.39, 0.29) is 11.8 Å². The molecule has 1 aromatic heterocycles. The molecule has 0 spiro atoms. The molecule has 1 unspecified atom stereocenters. The molecule has 1 aromatic carbocycles. The van der Waals surface area contributed by atoms with E-state index in [0.29, 0.717) is 36.5 Å². The Labute approximate surface area is 207 Å². The molecule has 1 N–H and O–H groups in total. The highest BCUT2D eigenvalue weighted by Crippen LogP contribution is 2.32. The van der Waals surface area contributed by atoms with Crippen LogP contribution < -0.4 is 10.2 Å². The van der Waals surface area contributed by atoms with Crippen molar-refractivity contribution in [3.05, 3.63) is 48.2 Å². The van der Waals surface area contributed by atoms with Crippen LogP contribution in [0.3, 0.4) is 0 Å². The quantitative estimate of drug-likeness (QED) is 0.687. The molecule has 0 bridgehead atoms. The maximum atomic E-state index is 13.3. The smallest absolute Gasteiger partial charge is 0.237 e. The highest BCUT2D eigenvalue weighted by molar-refractivity contribution is 6.01. The predicted octanol–water partition coefficient (Wildman–Crippen LogP) is 3.27. The third-order valence-corrected chi connectivity index (χ3v) is 7.69. The summed E-state index contributed by atoms with van der Waals surface area (Å²) in [5, 5.41) is 11.5. The van der Waals surface area contributed by atoms with Crippen molar-refractivity contribution in [3.8, 4) is 0 Å². The molecule has 1 atom stereocenters. The molecule has 0 saturated carbocycles. The summed E-state index contributed by atoms with van der Waals surface area (Å²) in [5.41, 5.74) is 2.08. The number of rotatable bonds is 6. The van der Waals surface area contributed by atoms with Gasteiger partial charge in [-0.3, -0.25) is 14.5 Å².